The molecule has 22 heavy (non-hydrogen) atoms. The van der Waals surface area contributed by atoms with Gasteiger partial charge in [0.05, 0.1) is 5.52 Å². The van der Waals surface area contributed by atoms with Gasteiger partial charge in [-0.2, -0.15) is 0 Å². The molecule has 2 aromatic carbocycles. The van der Waals surface area contributed by atoms with E-state index in [9.17, 15) is 9.90 Å². The number of aromatic carboxylic acids is 1. The smallest absolute Gasteiger partial charge is 0.339 e. The Hall–Kier alpha value is -2.59. The van der Waals surface area contributed by atoms with Crippen LogP contribution < -0.4 is 5.32 Å². The lowest BCUT2D eigenvalue weighted by atomic mass is 10.1. The van der Waals surface area contributed by atoms with E-state index >= 15 is 0 Å². The van der Waals surface area contributed by atoms with E-state index in [0.29, 0.717) is 16.5 Å². The van der Waals surface area contributed by atoms with Gasteiger partial charge in [-0.1, -0.05) is 29.8 Å². The normalized spacial score (nSPS) is 10.6. The summed E-state index contributed by atoms with van der Waals surface area (Å²) in [4.78, 5) is 15.9. The summed E-state index contributed by atoms with van der Waals surface area (Å²) in [6.07, 6.45) is 0. The van der Waals surface area contributed by atoms with Crippen LogP contribution >= 0.6 is 11.6 Å². The van der Waals surface area contributed by atoms with E-state index in [4.69, 9.17) is 11.6 Å². The Bertz CT molecular complexity index is 878. The third-order valence-electron chi connectivity index (χ3n) is 3.29. The minimum atomic E-state index is -1.03. The average molecular weight is 313 g/mol. The number of anilines is 2. The molecular formula is C17H13ClN2O2. The molecule has 0 saturated heterocycles. The second-order valence-corrected chi connectivity index (χ2v) is 5.46. The number of halogens is 1. The third-order valence-corrected chi connectivity index (χ3v) is 3.53. The molecule has 0 aliphatic rings. The van der Waals surface area contributed by atoms with Crippen LogP contribution in [-0.4, -0.2) is 16.1 Å². The molecule has 0 aliphatic carbocycles. The zero-order valence-electron chi connectivity index (χ0n) is 11.8. The standard InChI is InChI=1S/C17H13ClN2O2/c1-10-5-6-11-8-14(17(21)22)16(20-15(11)7-10)19-13-4-2-3-12(18)9-13/h2-9H,1H3,(H,19,20)(H,21,22). The Morgan fingerprint density at radius 2 is 2.00 bits per heavy atom. The van der Waals surface area contributed by atoms with Crippen LogP contribution in [0.3, 0.4) is 0 Å². The Labute approximate surface area is 132 Å². The fourth-order valence-electron chi connectivity index (χ4n) is 2.24. The molecule has 1 heterocycles. The van der Waals surface area contributed by atoms with E-state index in [1.807, 2.05) is 25.1 Å². The Morgan fingerprint density at radius 3 is 2.73 bits per heavy atom. The maximum Gasteiger partial charge on any atom is 0.339 e. The van der Waals surface area contributed by atoms with Gasteiger partial charge in [-0.05, 0) is 42.8 Å². The van der Waals surface area contributed by atoms with Crippen LogP contribution in [-0.2, 0) is 0 Å². The highest BCUT2D eigenvalue weighted by Gasteiger charge is 2.14. The van der Waals surface area contributed by atoms with Crippen LogP contribution in [0.4, 0.5) is 11.5 Å². The second-order valence-electron chi connectivity index (χ2n) is 5.02. The predicted octanol–water partition coefficient (Wildman–Crippen LogP) is 4.64. The third kappa shape index (κ3) is 2.87. The molecule has 3 rings (SSSR count). The van der Waals surface area contributed by atoms with Crippen molar-refractivity contribution >= 4 is 40.0 Å². The number of pyridine rings is 1. The maximum absolute atomic E-state index is 11.5. The number of nitrogens with one attached hydrogen (secondary N) is 1. The van der Waals surface area contributed by atoms with Crippen LogP contribution in [0.5, 0.6) is 0 Å². The zero-order chi connectivity index (χ0) is 15.7. The number of hydrogen-bond donors (Lipinski definition) is 2. The first-order chi connectivity index (χ1) is 10.5. The number of aromatic nitrogens is 1. The van der Waals surface area contributed by atoms with Crippen molar-refractivity contribution in [2.45, 2.75) is 6.92 Å². The minimum absolute atomic E-state index is 0.122. The van der Waals surface area contributed by atoms with Crippen LogP contribution in [0.2, 0.25) is 5.02 Å². The Morgan fingerprint density at radius 1 is 1.18 bits per heavy atom. The SMILES string of the molecule is Cc1ccc2cc(C(=O)O)c(Nc3cccc(Cl)c3)nc2c1. The average Bonchev–Trinajstić information content (AvgIpc) is 2.46. The van der Waals surface area contributed by atoms with E-state index in [1.165, 1.54) is 0 Å². The molecule has 0 saturated carbocycles. The molecule has 4 nitrogen and oxygen atoms in total. The van der Waals surface area contributed by atoms with Gasteiger partial charge in [0.15, 0.2) is 0 Å². The van der Waals surface area contributed by atoms with E-state index < -0.39 is 5.97 Å². The molecule has 0 radical (unpaired) electrons. The minimum Gasteiger partial charge on any atom is -0.478 e. The van der Waals surface area contributed by atoms with Gasteiger partial charge in [-0.15, -0.1) is 0 Å². The van der Waals surface area contributed by atoms with Crippen LogP contribution in [0.1, 0.15) is 15.9 Å². The fourth-order valence-corrected chi connectivity index (χ4v) is 2.43. The molecule has 0 atom stereocenters. The molecular weight excluding hydrogens is 300 g/mol. The number of benzene rings is 2. The lowest BCUT2D eigenvalue weighted by Gasteiger charge is -2.11. The zero-order valence-corrected chi connectivity index (χ0v) is 12.6. The lowest BCUT2D eigenvalue weighted by molar-refractivity contribution is 0.0698. The summed E-state index contributed by atoms with van der Waals surface area (Å²) in [5.74, 6) is -0.729. The Kier molecular flexibility index (Phi) is 3.69. The van der Waals surface area contributed by atoms with Crippen molar-refractivity contribution in [3.63, 3.8) is 0 Å². The first-order valence-electron chi connectivity index (χ1n) is 6.70. The highest BCUT2D eigenvalue weighted by Crippen LogP contribution is 2.25. The van der Waals surface area contributed by atoms with Gasteiger partial charge < -0.3 is 10.4 Å². The number of carbonyl (C=O) groups is 1. The van der Waals surface area contributed by atoms with Gasteiger partial charge in [-0.25, -0.2) is 9.78 Å². The summed E-state index contributed by atoms with van der Waals surface area (Å²) in [5, 5.41) is 13.8. The van der Waals surface area contributed by atoms with Crippen molar-refractivity contribution in [3.8, 4) is 0 Å². The van der Waals surface area contributed by atoms with E-state index in [0.717, 1.165) is 16.5 Å². The van der Waals surface area contributed by atoms with E-state index in [2.05, 4.69) is 10.3 Å². The van der Waals surface area contributed by atoms with E-state index in [-0.39, 0.29) is 5.56 Å². The number of hydrogen-bond acceptors (Lipinski definition) is 3. The van der Waals surface area contributed by atoms with Crippen molar-refractivity contribution in [1.82, 2.24) is 4.98 Å². The molecule has 0 spiro atoms. The number of nitrogens with zero attached hydrogens (tertiary/aromatic N) is 1. The van der Waals surface area contributed by atoms with Gasteiger partial charge >= 0.3 is 5.97 Å². The van der Waals surface area contributed by atoms with Crippen LogP contribution in [0.15, 0.2) is 48.5 Å². The number of carboxylic acids is 1. The summed E-state index contributed by atoms with van der Waals surface area (Å²) >= 11 is 5.95. The molecule has 1 aromatic heterocycles. The van der Waals surface area contributed by atoms with Crippen molar-refractivity contribution in [2.24, 2.45) is 0 Å². The van der Waals surface area contributed by atoms with Crippen LogP contribution in [0, 0.1) is 6.92 Å². The molecule has 0 aliphatic heterocycles. The summed E-state index contributed by atoms with van der Waals surface area (Å²) in [5.41, 5.74) is 2.62. The molecule has 2 N–H and O–H groups in total. The van der Waals surface area contributed by atoms with Gasteiger partial charge in [0, 0.05) is 16.1 Å². The molecule has 0 bridgehead atoms. The van der Waals surface area contributed by atoms with Crippen molar-refractivity contribution in [2.75, 3.05) is 5.32 Å². The fraction of sp³-hybridized carbons (Fsp3) is 0.0588. The summed E-state index contributed by atoms with van der Waals surface area (Å²) < 4.78 is 0. The number of rotatable bonds is 3. The second kappa shape index (κ2) is 5.66. The largest absolute Gasteiger partial charge is 0.478 e. The molecule has 3 aromatic rings. The highest BCUT2D eigenvalue weighted by molar-refractivity contribution is 6.30. The topological polar surface area (TPSA) is 62.2 Å². The Balaban J connectivity index is 2.13. The monoisotopic (exact) mass is 312 g/mol. The van der Waals surface area contributed by atoms with Gasteiger partial charge in [0.25, 0.3) is 0 Å². The van der Waals surface area contributed by atoms with Crippen molar-refractivity contribution in [3.05, 3.63) is 64.7 Å². The lowest BCUT2D eigenvalue weighted by Crippen LogP contribution is -2.05. The van der Waals surface area contributed by atoms with Gasteiger partial charge in [-0.3, -0.25) is 0 Å². The molecule has 0 fully saturated rings. The van der Waals surface area contributed by atoms with Gasteiger partial charge in [0.2, 0.25) is 0 Å². The molecule has 110 valence electrons. The number of aryl methyl sites for hydroxylation is 1. The number of carboxylic acid groups (broad SMARTS) is 1. The first-order valence-corrected chi connectivity index (χ1v) is 7.08. The molecule has 0 unspecified atom stereocenters. The maximum atomic E-state index is 11.5. The summed E-state index contributed by atoms with van der Waals surface area (Å²) in [7, 11) is 0. The number of fused-ring (bicyclic) bond motifs is 1. The van der Waals surface area contributed by atoms with Crippen LogP contribution in [0.25, 0.3) is 10.9 Å². The molecule has 5 heteroatoms. The van der Waals surface area contributed by atoms with E-state index in [1.54, 1.807) is 30.3 Å². The van der Waals surface area contributed by atoms with Gasteiger partial charge in [0.1, 0.15) is 11.4 Å². The quantitative estimate of drug-likeness (QED) is 0.739. The predicted molar refractivity (Wildman–Crippen MR) is 88.2 cm³/mol. The summed E-state index contributed by atoms with van der Waals surface area (Å²) in [6, 6.07) is 14.4. The highest BCUT2D eigenvalue weighted by atomic mass is 35.5. The summed E-state index contributed by atoms with van der Waals surface area (Å²) in [6.45, 7) is 1.97. The van der Waals surface area contributed by atoms with Crippen molar-refractivity contribution in [1.29, 1.82) is 0 Å². The molecule has 0 amide bonds. The first kappa shape index (κ1) is 14.4. The van der Waals surface area contributed by atoms with Crippen molar-refractivity contribution < 1.29 is 9.90 Å².